The van der Waals surface area contributed by atoms with E-state index in [-0.39, 0.29) is 23.1 Å². The number of benzene rings is 1. The molecule has 25 heavy (non-hydrogen) atoms. The number of carbonyl (C=O) groups is 1. The summed E-state index contributed by atoms with van der Waals surface area (Å²) < 4.78 is 1.87. The summed E-state index contributed by atoms with van der Waals surface area (Å²) in [6, 6.07) is 9.26. The first-order valence-electron chi connectivity index (χ1n) is 8.54. The largest absolute Gasteiger partial charge is 0.334 e. The maximum atomic E-state index is 13.0. The van der Waals surface area contributed by atoms with E-state index in [4.69, 9.17) is 0 Å². The maximum absolute atomic E-state index is 13.0. The van der Waals surface area contributed by atoms with Crippen LogP contribution >= 0.6 is 0 Å². The van der Waals surface area contributed by atoms with Gasteiger partial charge in [-0.25, -0.2) is 0 Å². The van der Waals surface area contributed by atoms with Crippen molar-refractivity contribution in [2.45, 2.75) is 32.4 Å². The molecule has 1 N–H and O–H groups in total. The molecule has 1 atom stereocenters. The Labute approximate surface area is 145 Å². The number of hydrogen-bond donors (Lipinski definition) is 1. The summed E-state index contributed by atoms with van der Waals surface area (Å²) in [6.07, 6.45) is 5.66. The number of nitrogens with one attached hydrogen (secondary N) is 1. The fourth-order valence-corrected chi connectivity index (χ4v) is 3.54. The second-order valence-electron chi connectivity index (χ2n) is 6.63. The van der Waals surface area contributed by atoms with Crippen LogP contribution in [0.1, 0.15) is 28.8 Å². The summed E-state index contributed by atoms with van der Waals surface area (Å²) in [6.45, 7) is 3.33. The Morgan fingerprint density at radius 2 is 2.20 bits per heavy atom. The molecule has 3 aromatic rings. The second-order valence-corrected chi connectivity index (χ2v) is 6.63. The highest BCUT2D eigenvalue weighted by molar-refractivity contribution is 5.97. The quantitative estimate of drug-likeness (QED) is 0.798. The van der Waals surface area contributed by atoms with Crippen LogP contribution in [0.2, 0.25) is 0 Å². The van der Waals surface area contributed by atoms with Gasteiger partial charge in [0.25, 0.3) is 11.5 Å². The molecule has 1 fully saturated rings. The molecule has 1 saturated heterocycles. The van der Waals surface area contributed by atoms with Crippen molar-refractivity contribution >= 4 is 16.8 Å². The van der Waals surface area contributed by atoms with Crippen molar-refractivity contribution in [3.05, 3.63) is 64.2 Å². The molecule has 0 unspecified atom stereocenters. The number of rotatable bonds is 3. The van der Waals surface area contributed by atoms with Crippen LogP contribution in [0.3, 0.4) is 0 Å². The molecule has 0 bridgehead atoms. The van der Waals surface area contributed by atoms with Crippen molar-refractivity contribution in [2.75, 3.05) is 6.54 Å². The first-order chi connectivity index (χ1) is 12.1. The minimum atomic E-state index is -0.329. The van der Waals surface area contributed by atoms with Crippen LogP contribution in [0.4, 0.5) is 0 Å². The Kier molecular flexibility index (Phi) is 3.87. The van der Waals surface area contributed by atoms with E-state index in [9.17, 15) is 9.59 Å². The van der Waals surface area contributed by atoms with Crippen LogP contribution < -0.4 is 5.56 Å². The first-order valence-corrected chi connectivity index (χ1v) is 8.54. The lowest BCUT2D eigenvalue weighted by Gasteiger charge is -2.24. The lowest BCUT2D eigenvalue weighted by atomic mass is 10.1. The average Bonchev–Trinajstić information content (AvgIpc) is 3.23. The van der Waals surface area contributed by atoms with Gasteiger partial charge in [0.2, 0.25) is 0 Å². The first kappa shape index (κ1) is 15.6. The van der Waals surface area contributed by atoms with E-state index in [0.29, 0.717) is 13.1 Å². The minimum absolute atomic E-state index is 0.0673. The topological polar surface area (TPSA) is 71.0 Å². The van der Waals surface area contributed by atoms with Gasteiger partial charge in [0, 0.05) is 18.3 Å². The molecule has 6 nitrogen and oxygen atoms in total. The molecule has 4 rings (SSSR count). The van der Waals surface area contributed by atoms with Gasteiger partial charge in [0.05, 0.1) is 18.8 Å². The number of amides is 1. The Balaban J connectivity index is 1.63. The number of aromatic nitrogens is 3. The fraction of sp³-hybridized carbons (Fsp3) is 0.316. The van der Waals surface area contributed by atoms with Gasteiger partial charge >= 0.3 is 0 Å². The molecule has 2 aromatic heterocycles. The van der Waals surface area contributed by atoms with Crippen LogP contribution in [0.15, 0.2) is 47.5 Å². The SMILES string of the molecule is Cc1cnn(C[C@@H]2CCCN2C(=O)c2cc3ccccc3[nH]c2=O)c1. The summed E-state index contributed by atoms with van der Waals surface area (Å²) in [7, 11) is 0. The van der Waals surface area contributed by atoms with Gasteiger partial charge in [-0.05, 0) is 42.8 Å². The van der Waals surface area contributed by atoms with E-state index in [0.717, 1.165) is 29.3 Å². The van der Waals surface area contributed by atoms with Gasteiger partial charge in [-0.15, -0.1) is 0 Å². The van der Waals surface area contributed by atoms with E-state index in [1.165, 1.54) is 0 Å². The second kappa shape index (κ2) is 6.20. The van der Waals surface area contributed by atoms with E-state index < -0.39 is 0 Å². The summed E-state index contributed by atoms with van der Waals surface area (Å²) in [5.74, 6) is -0.196. The molecule has 1 aliphatic rings. The van der Waals surface area contributed by atoms with Crippen LogP contribution in [0, 0.1) is 6.92 Å². The molecule has 1 aromatic carbocycles. The highest BCUT2D eigenvalue weighted by Gasteiger charge is 2.31. The molecule has 1 amide bonds. The molecule has 3 heterocycles. The van der Waals surface area contributed by atoms with Gasteiger partial charge in [-0.1, -0.05) is 18.2 Å². The summed E-state index contributed by atoms with van der Waals surface area (Å²) >= 11 is 0. The van der Waals surface area contributed by atoms with E-state index >= 15 is 0 Å². The molecule has 0 spiro atoms. The fourth-order valence-electron chi connectivity index (χ4n) is 3.54. The van der Waals surface area contributed by atoms with Crippen molar-refractivity contribution in [2.24, 2.45) is 0 Å². The van der Waals surface area contributed by atoms with Gasteiger partial charge < -0.3 is 9.88 Å². The number of nitrogens with zero attached hydrogens (tertiary/aromatic N) is 3. The average molecular weight is 336 g/mol. The van der Waals surface area contributed by atoms with Crippen LogP contribution in [-0.2, 0) is 6.54 Å². The number of aryl methyl sites for hydroxylation is 1. The molecule has 0 aliphatic carbocycles. The number of aromatic amines is 1. The molecular weight excluding hydrogens is 316 g/mol. The normalized spacial score (nSPS) is 17.3. The molecule has 0 saturated carbocycles. The minimum Gasteiger partial charge on any atom is -0.334 e. The number of para-hydroxylation sites is 1. The lowest BCUT2D eigenvalue weighted by Crippen LogP contribution is -2.40. The van der Waals surface area contributed by atoms with Gasteiger partial charge in [-0.3, -0.25) is 14.3 Å². The number of hydrogen-bond acceptors (Lipinski definition) is 3. The van der Waals surface area contributed by atoms with Gasteiger partial charge in [0.1, 0.15) is 5.56 Å². The number of carbonyl (C=O) groups excluding carboxylic acids is 1. The smallest absolute Gasteiger partial charge is 0.261 e. The summed E-state index contributed by atoms with van der Waals surface area (Å²) in [4.78, 5) is 30.0. The highest BCUT2D eigenvalue weighted by atomic mass is 16.2. The van der Waals surface area contributed by atoms with E-state index in [1.807, 2.05) is 53.2 Å². The van der Waals surface area contributed by atoms with Crippen molar-refractivity contribution in [3.8, 4) is 0 Å². The maximum Gasteiger partial charge on any atom is 0.261 e. The zero-order valence-electron chi connectivity index (χ0n) is 14.1. The Morgan fingerprint density at radius 3 is 3.00 bits per heavy atom. The molecule has 0 radical (unpaired) electrons. The highest BCUT2D eigenvalue weighted by Crippen LogP contribution is 2.21. The molecule has 128 valence electrons. The Bertz CT molecular complexity index is 988. The predicted molar refractivity (Wildman–Crippen MR) is 95.6 cm³/mol. The van der Waals surface area contributed by atoms with Crippen LogP contribution in [0.5, 0.6) is 0 Å². The van der Waals surface area contributed by atoms with Crippen LogP contribution in [-0.4, -0.2) is 38.2 Å². The number of fused-ring (bicyclic) bond motifs is 1. The molecule has 1 aliphatic heterocycles. The number of pyridine rings is 1. The molecule has 6 heteroatoms. The summed E-state index contributed by atoms with van der Waals surface area (Å²) in [5, 5.41) is 5.18. The standard InChI is InChI=1S/C19H20N4O2/c1-13-10-20-22(11-13)12-15-6-4-8-23(15)19(25)16-9-14-5-2-3-7-17(14)21-18(16)24/h2-3,5,7,9-11,15H,4,6,8,12H2,1H3,(H,21,24)/t15-/m0/s1. The Hall–Kier alpha value is -2.89. The number of likely N-dealkylation sites (tertiary alicyclic amines) is 1. The van der Waals surface area contributed by atoms with Gasteiger partial charge in [0.15, 0.2) is 0 Å². The third-order valence-corrected chi connectivity index (χ3v) is 4.78. The van der Waals surface area contributed by atoms with E-state index in [2.05, 4.69) is 10.1 Å². The van der Waals surface area contributed by atoms with Crippen molar-refractivity contribution in [3.63, 3.8) is 0 Å². The predicted octanol–water partition coefficient (Wildman–Crippen LogP) is 2.34. The zero-order valence-corrected chi connectivity index (χ0v) is 14.1. The monoisotopic (exact) mass is 336 g/mol. The Morgan fingerprint density at radius 1 is 1.36 bits per heavy atom. The summed E-state index contributed by atoms with van der Waals surface area (Å²) in [5.41, 5.74) is 1.72. The van der Waals surface area contributed by atoms with Gasteiger partial charge in [-0.2, -0.15) is 5.10 Å². The van der Waals surface area contributed by atoms with Crippen LogP contribution in [0.25, 0.3) is 10.9 Å². The van der Waals surface area contributed by atoms with Crippen molar-refractivity contribution in [1.29, 1.82) is 0 Å². The zero-order chi connectivity index (χ0) is 17.4. The third kappa shape index (κ3) is 2.95. The van der Waals surface area contributed by atoms with Crippen molar-refractivity contribution in [1.82, 2.24) is 19.7 Å². The lowest BCUT2D eigenvalue weighted by molar-refractivity contribution is 0.0720. The number of H-pyrrole nitrogens is 1. The molecular formula is C19H20N4O2. The third-order valence-electron chi connectivity index (χ3n) is 4.78. The van der Waals surface area contributed by atoms with E-state index in [1.54, 1.807) is 6.07 Å². The van der Waals surface area contributed by atoms with Crippen molar-refractivity contribution < 1.29 is 4.79 Å².